The second kappa shape index (κ2) is 8.01. The molecule has 0 spiro atoms. The van der Waals surface area contributed by atoms with Crippen LogP contribution in [-0.4, -0.2) is 35.4 Å². The van der Waals surface area contributed by atoms with E-state index in [-0.39, 0.29) is 18.6 Å². The lowest BCUT2D eigenvalue weighted by Crippen LogP contribution is -2.26. The van der Waals surface area contributed by atoms with Crippen molar-refractivity contribution in [2.45, 2.75) is 38.7 Å². The molecule has 0 fully saturated rings. The van der Waals surface area contributed by atoms with Crippen molar-refractivity contribution >= 4 is 5.91 Å². The molecule has 0 aliphatic carbocycles. The molecule has 1 unspecified atom stereocenters. The summed E-state index contributed by atoms with van der Waals surface area (Å²) >= 11 is 0. The molecule has 0 rings (SSSR count). The zero-order valence-corrected chi connectivity index (χ0v) is 8.12. The molecule has 0 bridgehead atoms. The summed E-state index contributed by atoms with van der Waals surface area (Å²) in [6.45, 7) is 2.36. The van der Waals surface area contributed by atoms with Crippen LogP contribution in [0.4, 0.5) is 0 Å². The third-order valence-electron chi connectivity index (χ3n) is 1.70. The zero-order valence-electron chi connectivity index (χ0n) is 8.12. The number of carbonyl (C=O) groups is 1. The Morgan fingerprint density at radius 3 is 2.69 bits per heavy atom. The Hall–Kier alpha value is -0.610. The smallest absolute Gasteiger partial charge is 0.219 e. The summed E-state index contributed by atoms with van der Waals surface area (Å²) in [4.78, 5) is 11.0. The summed E-state index contributed by atoms with van der Waals surface area (Å²) in [5, 5.41) is 20.1. The van der Waals surface area contributed by atoms with Gasteiger partial charge in [0.2, 0.25) is 5.91 Å². The molecule has 3 N–H and O–H groups in total. The van der Waals surface area contributed by atoms with Gasteiger partial charge >= 0.3 is 0 Å². The fourth-order valence-electron chi connectivity index (χ4n) is 0.906. The lowest BCUT2D eigenvalue weighted by atomic mass is 10.2. The van der Waals surface area contributed by atoms with Crippen LogP contribution in [0.25, 0.3) is 0 Å². The first-order valence-corrected chi connectivity index (χ1v) is 4.72. The number of carbonyl (C=O) groups excluding carboxylic acids is 1. The van der Waals surface area contributed by atoms with Gasteiger partial charge in [0, 0.05) is 19.6 Å². The number of rotatable bonds is 7. The van der Waals surface area contributed by atoms with Gasteiger partial charge in [-0.2, -0.15) is 0 Å². The normalized spacial score (nSPS) is 12.5. The van der Waals surface area contributed by atoms with Crippen molar-refractivity contribution in [2.75, 3.05) is 13.2 Å². The maximum Gasteiger partial charge on any atom is 0.219 e. The van der Waals surface area contributed by atoms with Crippen molar-refractivity contribution in [1.82, 2.24) is 5.32 Å². The van der Waals surface area contributed by atoms with Gasteiger partial charge in [-0.1, -0.05) is 0 Å². The van der Waals surface area contributed by atoms with Crippen LogP contribution in [0.5, 0.6) is 0 Å². The van der Waals surface area contributed by atoms with E-state index in [1.165, 1.54) is 0 Å². The van der Waals surface area contributed by atoms with Crippen molar-refractivity contribution in [1.29, 1.82) is 0 Å². The monoisotopic (exact) mass is 189 g/mol. The van der Waals surface area contributed by atoms with Gasteiger partial charge in [-0.15, -0.1) is 0 Å². The van der Waals surface area contributed by atoms with Gasteiger partial charge in [0.05, 0.1) is 6.10 Å². The maximum absolute atomic E-state index is 11.0. The van der Waals surface area contributed by atoms with Crippen LogP contribution in [0.3, 0.4) is 0 Å². The first-order chi connectivity index (χ1) is 6.16. The van der Waals surface area contributed by atoms with E-state index in [0.717, 1.165) is 6.42 Å². The topological polar surface area (TPSA) is 69.6 Å². The van der Waals surface area contributed by atoms with Crippen LogP contribution in [0, 0.1) is 0 Å². The fourth-order valence-corrected chi connectivity index (χ4v) is 0.906. The van der Waals surface area contributed by atoms with Crippen LogP contribution < -0.4 is 5.32 Å². The number of hydrogen-bond donors (Lipinski definition) is 3. The van der Waals surface area contributed by atoms with Crippen LogP contribution in [-0.2, 0) is 4.79 Å². The molecular weight excluding hydrogens is 170 g/mol. The Labute approximate surface area is 79.0 Å². The van der Waals surface area contributed by atoms with E-state index >= 15 is 0 Å². The van der Waals surface area contributed by atoms with E-state index in [9.17, 15) is 4.79 Å². The zero-order chi connectivity index (χ0) is 10.1. The van der Waals surface area contributed by atoms with E-state index in [0.29, 0.717) is 25.8 Å². The van der Waals surface area contributed by atoms with Gasteiger partial charge in [0.15, 0.2) is 0 Å². The first kappa shape index (κ1) is 12.4. The van der Waals surface area contributed by atoms with Crippen LogP contribution in [0.1, 0.15) is 32.6 Å². The second-order valence-electron chi connectivity index (χ2n) is 3.17. The molecule has 0 radical (unpaired) electrons. The van der Waals surface area contributed by atoms with Gasteiger partial charge in [-0.3, -0.25) is 4.79 Å². The van der Waals surface area contributed by atoms with Crippen molar-refractivity contribution in [2.24, 2.45) is 0 Å². The number of nitrogens with one attached hydrogen (secondary N) is 1. The summed E-state index contributed by atoms with van der Waals surface area (Å²) in [7, 11) is 0. The summed E-state index contributed by atoms with van der Waals surface area (Å²) in [5.41, 5.74) is 0. The average Bonchev–Trinajstić information content (AvgIpc) is 2.04. The highest BCUT2D eigenvalue weighted by atomic mass is 16.3. The van der Waals surface area contributed by atoms with Crippen molar-refractivity contribution in [3.8, 4) is 0 Å². The molecule has 1 amide bonds. The molecule has 1 atom stereocenters. The molecule has 0 aromatic carbocycles. The van der Waals surface area contributed by atoms with E-state index in [2.05, 4.69) is 5.32 Å². The fraction of sp³-hybridized carbons (Fsp3) is 0.889. The molecule has 4 heteroatoms. The highest BCUT2D eigenvalue weighted by Crippen LogP contribution is 1.94. The van der Waals surface area contributed by atoms with Crippen LogP contribution in [0.2, 0.25) is 0 Å². The Kier molecular flexibility index (Phi) is 7.63. The molecule has 13 heavy (non-hydrogen) atoms. The molecule has 0 saturated carbocycles. The maximum atomic E-state index is 11.0. The van der Waals surface area contributed by atoms with Gasteiger partial charge < -0.3 is 15.5 Å². The molecule has 0 aromatic rings. The summed E-state index contributed by atoms with van der Waals surface area (Å²) in [6, 6.07) is 0. The number of aliphatic hydroxyl groups is 2. The molecule has 0 aliphatic rings. The molecule has 0 saturated heterocycles. The van der Waals surface area contributed by atoms with Crippen molar-refractivity contribution in [3.05, 3.63) is 0 Å². The summed E-state index contributed by atoms with van der Waals surface area (Å²) < 4.78 is 0. The Morgan fingerprint density at radius 2 is 2.15 bits per heavy atom. The second-order valence-corrected chi connectivity index (χ2v) is 3.17. The van der Waals surface area contributed by atoms with Crippen molar-refractivity contribution in [3.63, 3.8) is 0 Å². The molecular formula is C9H19NO3. The van der Waals surface area contributed by atoms with Gasteiger partial charge in [0.1, 0.15) is 0 Å². The van der Waals surface area contributed by atoms with Crippen LogP contribution >= 0.6 is 0 Å². The highest BCUT2D eigenvalue weighted by Gasteiger charge is 2.00. The predicted octanol–water partition coefficient (Wildman–Crippen LogP) is 0.0361. The first-order valence-electron chi connectivity index (χ1n) is 4.72. The number of aliphatic hydroxyl groups excluding tert-OH is 2. The number of amides is 1. The summed E-state index contributed by atoms with van der Waals surface area (Å²) in [5.74, 6) is -0.00546. The Bertz CT molecular complexity index is 137. The third-order valence-corrected chi connectivity index (χ3v) is 1.70. The SMILES string of the molecule is CC(O)CCNC(=O)CCCCO. The average molecular weight is 189 g/mol. The largest absolute Gasteiger partial charge is 0.396 e. The van der Waals surface area contributed by atoms with Gasteiger partial charge in [0.25, 0.3) is 0 Å². The number of hydrogen-bond acceptors (Lipinski definition) is 3. The third kappa shape index (κ3) is 9.30. The minimum atomic E-state index is -0.363. The standard InChI is InChI=1S/C9H19NO3/c1-8(12)5-6-10-9(13)4-2-3-7-11/h8,11-12H,2-7H2,1H3,(H,10,13). The van der Waals surface area contributed by atoms with Gasteiger partial charge in [-0.05, 0) is 26.2 Å². The molecule has 0 heterocycles. The molecule has 78 valence electrons. The van der Waals surface area contributed by atoms with Crippen LogP contribution in [0.15, 0.2) is 0 Å². The van der Waals surface area contributed by atoms with E-state index in [4.69, 9.17) is 10.2 Å². The van der Waals surface area contributed by atoms with Gasteiger partial charge in [-0.25, -0.2) is 0 Å². The minimum Gasteiger partial charge on any atom is -0.396 e. The molecule has 4 nitrogen and oxygen atoms in total. The van der Waals surface area contributed by atoms with E-state index in [1.54, 1.807) is 6.92 Å². The predicted molar refractivity (Wildman–Crippen MR) is 50.2 cm³/mol. The lowest BCUT2D eigenvalue weighted by Gasteiger charge is -2.05. The summed E-state index contributed by atoms with van der Waals surface area (Å²) in [6.07, 6.45) is 2.07. The quantitative estimate of drug-likeness (QED) is 0.495. The molecule has 0 aromatic heterocycles. The van der Waals surface area contributed by atoms with E-state index < -0.39 is 0 Å². The van der Waals surface area contributed by atoms with Crippen molar-refractivity contribution < 1.29 is 15.0 Å². The molecule has 0 aliphatic heterocycles. The number of unbranched alkanes of at least 4 members (excludes halogenated alkanes) is 1. The Balaban J connectivity index is 3.20. The minimum absolute atomic E-state index is 0.00546. The Morgan fingerprint density at radius 1 is 1.46 bits per heavy atom. The highest BCUT2D eigenvalue weighted by molar-refractivity contribution is 5.75. The lowest BCUT2D eigenvalue weighted by molar-refractivity contribution is -0.121. The van der Waals surface area contributed by atoms with E-state index in [1.807, 2.05) is 0 Å².